The highest BCUT2D eigenvalue weighted by molar-refractivity contribution is 6.35. The summed E-state index contributed by atoms with van der Waals surface area (Å²) in [5.74, 6) is 1.79. The van der Waals surface area contributed by atoms with E-state index >= 15 is 0 Å². The first kappa shape index (κ1) is 18.2. The normalized spacial score (nSPS) is 14.6. The second-order valence-electron chi connectivity index (χ2n) is 6.77. The Bertz CT molecular complexity index is 761. The standard InChI is InChI=1S/C19H23BN4O2/c1-14(2)13-26-19(25)24-11-9-23(10-12-24)17-7-8-21-18(22-17)15-5-3-4-6-16(15)20/h3-8,14H,9-13H2,1-2H3. The summed E-state index contributed by atoms with van der Waals surface area (Å²) in [6.45, 7) is 7.14. The predicted octanol–water partition coefficient (Wildman–Crippen LogP) is 1.85. The summed E-state index contributed by atoms with van der Waals surface area (Å²) in [5.41, 5.74) is 1.48. The highest BCUT2D eigenvalue weighted by atomic mass is 16.6. The van der Waals surface area contributed by atoms with Gasteiger partial charge in [0.1, 0.15) is 13.7 Å². The summed E-state index contributed by atoms with van der Waals surface area (Å²) in [4.78, 5) is 25.0. The minimum absolute atomic E-state index is 0.237. The van der Waals surface area contributed by atoms with E-state index in [0.29, 0.717) is 50.0 Å². The second-order valence-corrected chi connectivity index (χ2v) is 6.77. The van der Waals surface area contributed by atoms with Crippen LogP contribution in [0.2, 0.25) is 0 Å². The number of anilines is 1. The molecule has 1 fully saturated rings. The maximum atomic E-state index is 12.1. The Morgan fingerprint density at radius 1 is 1.19 bits per heavy atom. The largest absolute Gasteiger partial charge is 0.449 e. The Morgan fingerprint density at radius 2 is 1.92 bits per heavy atom. The van der Waals surface area contributed by atoms with Crippen LogP contribution in [0.25, 0.3) is 11.4 Å². The van der Waals surface area contributed by atoms with Crippen molar-refractivity contribution in [2.45, 2.75) is 13.8 Å². The predicted molar refractivity (Wildman–Crippen MR) is 103 cm³/mol. The molecule has 7 heteroatoms. The fourth-order valence-electron chi connectivity index (χ4n) is 2.80. The minimum Gasteiger partial charge on any atom is -0.449 e. The average Bonchev–Trinajstić information content (AvgIpc) is 2.66. The number of ether oxygens (including phenoxy) is 1. The lowest BCUT2D eigenvalue weighted by Crippen LogP contribution is -2.49. The number of aromatic nitrogens is 2. The van der Waals surface area contributed by atoms with Crippen LogP contribution in [-0.4, -0.2) is 61.6 Å². The molecule has 1 aliphatic rings. The van der Waals surface area contributed by atoms with Crippen LogP contribution >= 0.6 is 0 Å². The number of nitrogens with zero attached hydrogens (tertiary/aromatic N) is 4. The third-order valence-corrected chi connectivity index (χ3v) is 4.24. The molecule has 1 aromatic heterocycles. The van der Waals surface area contributed by atoms with E-state index in [-0.39, 0.29) is 6.09 Å². The number of amides is 1. The lowest BCUT2D eigenvalue weighted by molar-refractivity contribution is 0.0901. The Morgan fingerprint density at radius 3 is 2.62 bits per heavy atom. The summed E-state index contributed by atoms with van der Waals surface area (Å²) in [6.07, 6.45) is 1.51. The van der Waals surface area contributed by atoms with Gasteiger partial charge >= 0.3 is 6.09 Å². The summed E-state index contributed by atoms with van der Waals surface area (Å²) < 4.78 is 5.30. The summed E-state index contributed by atoms with van der Waals surface area (Å²) in [7, 11) is 6.03. The molecule has 0 bridgehead atoms. The molecule has 1 aliphatic heterocycles. The van der Waals surface area contributed by atoms with Crippen LogP contribution in [0.3, 0.4) is 0 Å². The molecule has 1 aromatic carbocycles. The molecular formula is C19H23BN4O2. The zero-order valence-corrected chi connectivity index (χ0v) is 15.3. The molecule has 2 radical (unpaired) electrons. The number of rotatable bonds is 4. The summed E-state index contributed by atoms with van der Waals surface area (Å²) >= 11 is 0. The summed E-state index contributed by atoms with van der Waals surface area (Å²) in [6, 6.07) is 9.45. The zero-order chi connectivity index (χ0) is 18.5. The number of benzene rings is 1. The highest BCUT2D eigenvalue weighted by Gasteiger charge is 2.23. The van der Waals surface area contributed by atoms with Crippen LogP contribution in [0.4, 0.5) is 10.6 Å². The van der Waals surface area contributed by atoms with Crippen LogP contribution in [0.15, 0.2) is 36.5 Å². The fourth-order valence-corrected chi connectivity index (χ4v) is 2.80. The monoisotopic (exact) mass is 350 g/mol. The van der Waals surface area contributed by atoms with E-state index < -0.39 is 0 Å². The van der Waals surface area contributed by atoms with Crippen LogP contribution in [0.5, 0.6) is 0 Å². The minimum atomic E-state index is -0.237. The number of hydrogen-bond donors (Lipinski definition) is 0. The molecule has 2 heterocycles. The van der Waals surface area contributed by atoms with Gasteiger partial charge in [-0.2, -0.15) is 0 Å². The molecule has 0 saturated carbocycles. The van der Waals surface area contributed by atoms with Crippen molar-refractivity contribution in [1.29, 1.82) is 0 Å². The number of carbonyl (C=O) groups excluding carboxylic acids is 1. The Hall–Kier alpha value is -2.57. The third-order valence-electron chi connectivity index (χ3n) is 4.24. The molecular weight excluding hydrogens is 327 g/mol. The molecule has 6 nitrogen and oxygen atoms in total. The molecule has 3 rings (SSSR count). The van der Waals surface area contributed by atoms with Crippen molar-refractivity contribution in [3.8, 4) is 11.4 Å². The molecule has 0 aliphatic carbocycles. The third kappa shape index (κ3) is 4.34. The molecule has 1 amide bonds. The van der Waals surface area contributed by atoms with E-state index in [0.717, 1.165) is 11.4 Å². The molecule has 1 saturated heterocycles. The zero-order valence-electron chi connectivity index (χ0n) is 15.3. The summed E-state index contributed by atoms with van der Waals surface area (Å²) in [5, 5.41) is 0. The lowest BCUT2D eigenvalue weighted by Gasteiger charge is -2.34. The van der Waals surface area contributed by atoms with Gasteiger partial charge in [0, 0.05) is 37.9 Å². The van der Waals surface area contributed by atoms with Gasteiger partial charge in [0.05, 0.1) is 6.61 Å². The molecule has 2 aromatic rings. The first-order valence-corrected chi connectivity index (χ1v) is 8.89. The Labute approximate surface area is 155 Å². The molecule has 134 valence electrons. The molecule has 0 spiro atoms. The first-order valence-electron chi connectivity index (χ1n) is 8.89. The van der Waals surface area contributed by atoms with Gasteiger partial charge < -0.3 is 14.5 Å². The van der Waals surface area contributed by atoms with Crippen molar-refractivity contribution in [1.82, 2.24) is 14.9 Å². The topological polar surface area (TPSA) is 58.6 Å². The van der Waals surface area contributed by atoms with Crippen molar-refractivity contribution >= 4 is 25.2 Å². The Kier molecular flexibility index (Phi) is 5.76. The van der Waals surface area contributed by atoms with Gasteiger partial charge in [-0.15, -0.1) is 0 Å². The lowest BCUT2D eigenvalue weighted by atomic mass is 9.90. The van der Waals surface area contributed by atoms with Gasteiger partial charge in [-0.1, -0.05) is 43.6 Å². The maximum absolute atomic E-state index is 12.1. The smallest absolute Gasteiger partial charge is 0.409 e. The molecule has 26 heavy (non-hydrogen) atoms. The van der Waals surface area contributed by atoms with Gasteiger partial charge in [0.15, 0.2) is 5.82 Å². The van der Waals surface area contributed by atoms with E-state index in [9.17, 15) is 4.79 Å². The van der Waals surface area contributed by atoms with Crippen LogP contribution in [-0.2, 0) is 4.74 Å². The molecule has 0 N–H and O–H groups in total. The van der Waals surface area contributed by atoms with Crippen molar-refractivity contribution in [2.24, 2.45) is 5.92 Å². The van der Waals surface area contributed by atoms with Crippen molar-refractivity contribution < 1.29 is 9.53 Å². The van der Waals surface area contributed by atoms with E-state index in [1.165, 1.54) is 0 Å². The van der Waals surface area contributed by atoms with E-state index in [1.807, 2.05) is 44.2 Å². The van der Waals surface area contributed by atoms with E-state index in [4.69, 9.17) is 12.6 Å². The second kappa shape index (κ2) is 8.21. The van der Waals surface area contributed by atoms with E-state index in [2.05, 4.69) is 14.9 Å². The number of hydrogen-bond acceptors (Lipinski definition) is 5. The maximum Gasteiger partial charge on any atom is 0.409 e. The molecule has 0 unspecified atom stereocenters. The van der Waals surface area contributed by atoms with Gasteiger partial charge in [-0.3, -0.25) is 0 Å². The van der Waals surface area contributed by atoms with Crippen LogP contribution < -0.4 is 10.4 Å². The average molecular weight is 350 g/mol. The van der Waals surface area contributed by atoms with Gasteiger partial charge in [-0.05, 0) is 12.0 Å². The van der Waals surface area contributed by atoms with Crippen molar-refractivity contribution in [3.05, 3.63) is 36.5 Å². The Balaban J connectivity index is 1.64. The quantitative estimate of drug-likeness (QED) is 0.788. The van der Waals surface area contributed by atoms with Crippen molar-refractivity contribution in [3.63, 3.8) is 0 Å². The number of carbonyl (C=O) groups is 1. The van der Waals surface area contributed by atoms with E-state index in [1.54, 1.807) is 11.1 Å². The molecule has 0 atom stereocenters. The first-order chi connectivity index (χ1) is 12.5. The van der Waals surface area contributed by atoms with Crippen LogP contribution in [0.1, 0.15) is 13.8 Å². The SMILES string of the molecule is [B]c1ccccc1-c1nccc(N2CCN(C(=O)OCC(C)C)CC2)n1. The van der Waals surface area contributed by atoms with Gasteiger partial charge in [0.2, 0.25) is 0 Å². The van der Waals surface area contributed by atoms with Gasteiger partial charge in [0.25, 0.3) is 0 Å². The highest BCUT2D eigenvalue weighted by Crippen LogP contribution is 2.18. The van der Waals surface area contributed by atoms with Crippen LogP contribution in [0, 0.1) is 5.92 Å². The van der Waals surface area contributed by atoms with Gasteiger partial charge in [-0.25, -0.2) is 14.8 Å². The fraction of sp³-hybridized carbons (Fsp3) is 0.421. The van der Waals surface area contributed by atoms with Crippen molar-refractivity contribution in [2.75, 3.05) is 37.7 Å². The number of piperazine rings is 1.